The van der Waals surface area contributed by atoms with Crippen molar-refractivity contribution in [3.05, 3.63) is 17.7 Å². The Kier molecular flexibility index (Phi) is 4.24. The van der Waals surface area contributed by atoms with Gasteiger partial charge in [0.1, 0.15) is 0 Å². The van der Waals surface area contributed by atoms with Crippen molar-refractivity contribution in [3.8, 4) is 17.2 Å². The van der Waals surface area contributed by atoms with E-state index in [1.807, 2.05) is 0 Å². The molecule has 0 amide bonds. The molecule has 0 aromatic heterocycles. The SMILES string of the molecule is COc1cc(CC[O])cc(OC)c1OC. The topological polar surface area (TPSA) is 47.6 Å². The van der Waals surface area contributed by atoms with Gasteiger partial charge in [0.2, 0.25) is 5.75 Å². The van der Waals surface area contributed by atoms with E-state index in [4.69, 9.17) is 14.2 Å². The van der Waals surface area contributed by atoms with Gasteiger partial charge in [-0.1, -0.05) is 0 Å². The fourth-order valence-electron chi connectivity index (χ4n) is 1.40. The molecule has 0 aliphatic rings. The predicted molar refractivity (Wildman–Crippen MR) is 55.4 cm³/mol. The maximum absolute atomic E-state index is 10.5. The molecule has 0 aliphatic carbocycles. The molecule has 0 heterocycles. The lowest BCUT2D eigenvalue weighted by Gasteiger charge is -2.13. The molecule has 0 aliphatic heterocycles. The number of rotatable bonds is 5. The molecule has 0 bridgehead atoms. The van der Waals surface area contributed by atoms with Gasteiger partial charge in [-0.2, -0.15) is 0 Å². The zero-order chi connectivity index (χ0) is 11.3. The van der Waals surface area contributed by atoms with Gasteiger partial charge in [0.05, 0.1) is 27.9 Å². The van der Waals surface area contributed by atoms with Crippen LogP contribution in [0.3, 0.4) is 0 Å². The van der Waals surface area contributed by atoms with Crippen LogP contribution in [0.5, 0.6) is 17.2 Å². The molecule has 4 nitrogen and oxygen atoms in total. The van der Waals surface area contributed by atoms with Crippen LogP contribution in [0.1, 0.15) is 5.56 Å². The van der Waals surface area contributed by atoms with Crippen LogP contribution in [0.4, 0.5) is 0 Å². The Hall–Kier alpha value is -1.42. The van der Waals surface area contributed by atoms with Crippen LogP contribution in [0.15, 0.2) is 12.1 Å². The Bertz CT molecular complexity index is 297. The molecular formula is C11H15O4. The molecule has 1 radical (unpaired) electrons. The molecule has 15 heavy (non-hydrogen) atoms. The normalized spacial score (nSPS) is 9.87. The van der Waals surface area contributed by atoms with Crippen LogP contribution in [0.25, 0.3) is 0 Å². The average molecular weight is 211 g/mol. The van der Waals surface area contributed by atoms with E-state index in [0.29, 0.717) is 23.7 Å². The van der Waals surface area contributed by atoms with Gasteiger partial charge in [-0.05, 0) is 24.1 Å². The molecule has 4 heteroatoms. The summed E-state index contributed by atoms with van der Waals surface area (Å²) in [7, 11) is 4.66. The molecule has 83 valence electrons. The van der Waals surface area contributed by atoms with E-state index in [1.165, 1.54) is 0 Å². The average Bonchev–Trinajstić information content (AvgIpc) is 2.28. The Morgan fingerprint density at radius 3 is 1.87 bits per heavy atom. The maximum Gasteiger partial charge on any atom is 0.203 e. The number of methoxy groups -OCH3 is 3. The number of ether oxygens (including phenoxy) is 3. The summed E-state index contributed by atoms with van der Waals surface area (Å²) in [6.45, 7) is -0.154. The van der Waals surface area contributed by atoms with E-state index in [2.05, 4.69) is 0 Å². The molecule has 0 saturated heterocycles. The van der Waals surface area contributed by atoms with Crippen LogP contribution in [-0.2, 0) is 11.5 Å². The van der Waals surface area contributed by atoms with Crippen molar-refractivity contribution in [1.82, 2.24) is 0 Å². The number of benzene rings is 1. The molecule has 1 aromatic rings. The zero-order valence-corrected chi connectivity index (χ0v) is 9.20. The quantitative estimate of drug-likeness (QED) is 0.744. The molecule has 0 N–H and O–H groups in total. The second-order valence-electron chi connectivity index (χ2n) is 2.99. The third kappa shape index (κ3) is 2.53. The van der Waals surface area contributed by atoms with Crippen molar-refractivity contribution in [2.45, 2.75) is 6.42 Å². The summed E-state index contributed by atoms with van der Waals surface area (Å²) < 4.78 is 15.5. The third-order valence-corrected chi connectivity index (χ3v) is 2.12. The summed E-state index contributed by atoms with van der Waals surface area (Å²) in [6.07, 6.45) is 0.455. The Balaban J connectivity index is 3.16. The second kappa shape index (κ2) is 5.46. The van der Waals surface area contributed by atoms with Gasteiger partial charge >= 0.3 is 0 Å². The minimum absolute atomic E-state index is 0.154. The van der Waals surface area contributed by atoms with Gasteiger partial charge in [-0.25, -0.2) is 5.11 Å². The minimum atomic E-state index is -0.154. The van der Waals surface area contributed by atoms with E-state index in [1.54, 1.807) is 33.5 Å². The van der Waals surface area contributed by atoms with Gasteiger partial charge in [0.25, 0.3) is 0 Å². The smallest absolute Gasteiger partial charge is 0.203 e. The van der Waals surface area contributed by atoms with Crippen LogP contribution in [-0.4, -0.2) is 27.9 Å². The molecule has 0 saturated carbocycles. The third-order valence-electron chi connectivity index (χ3n) is 2.12. The van der Waals surface area contributed by atoms with Crippen molar-refractivity contribution < 1.29 is 19.3 Å². The molecule has 0 unspecified atom stereocenters. The highest BCUT2D eigenvalue weighted by atomic mass is 16.5. The Morgan fingerprint density at radius 1 is 1.00 bits per heavy atom. The van der Waals surface area contributed by atoms with E-state index < -0.39 is 0 Å². The monoisotopic (exact) mass is 211 g/mol. The fraction of sp³-hybridized carbons (Fsp3) is 0.455. The zero-order valence-electron chi connectivity index (χ0n) is 9.20. The van der Waals surface area contributed by atoms with Crippen molar-refractivity contribution in [3.63, 3.8) is 0 Å². The van der Waals surface area contributed by atoms with Gasteiger partial charge in [-0.15, -0.1) is 0 Å². The first-order valence-corrected chi connectivity index (χ1v) is 4.63. The molecule has 0 spiro atoms. The van der Waals surface area contributed by atoms with E-state index in [9.17, 15) is 5.11 Å². The maximum atomic E-state index is 10.5. The van der Waals surface area contributed by atoms with E-state index in [0.717, 1.165) is 5.56 Å². The molecular weight excluding hydrogens is 196 g/mol. The Morgan fingerprint density at radius 2 is 1.53 bits per heavy atom. The largest absolute Gasteiger partial charge is 0.493 e. The van der Waals surface area contributed by atoms with Crippen molar-refractivity contribution in [2.75, 3.05) is 27.9 Å². The summed E-state index contributed by atoms with van der Waals surface area (Å²) in [5.41, 5.74) is 0.888. The summed E-state index contributed by atoms with van der Waals surface area (Å²) >= 11 is 0. The van der Waals surface area contributed by atoms with Crippen LogP contribution < -0.4 is 14.2 Å². The van der Waals surface area contributed by atoms with Crippen LogP contribution >= 0.6 is 0 Å². The summed E-state index contributed by atoms with van der Waals surface area (Å²) in [5.74, 6) is 1.72. The molecule has 1 rings (SSSR count). The van der Waals surface area contributed by atoms with Crippen molar-refractivity contribution in [2.24, 2.45) is 0 Å². The van der Waals surface area contributed by atoms with Gasteiger partial charge in [-0.3, -0.25) is 0 Å². The molecule has 1 aromatic carbocycles. The van der Waals surface area contributed by atoms with Crippen LogP contribution in [0, 0.1) is 0 Å². The highest BCUT2D eigenvalue weighted by Crippen LogP contribution is 2.38. The fourth-order valence-corrected chi connectivity index (χ4v) is 1.40. The Labute approximate surface area is 89.4 Å². The summed E-state index contributed by atoms with van der Waals surface area (Å²) in [4.78, 5) is 0. The minimum Gasteiger partial charge on any atom is -0.493 e. The van der Waals surface area contributed by atoms with Crippen molar-refractivity contribution >= 4 is 0 Å². The lowest BCUT2D eigenvalue weighted by Crippen LogP contribution is -1.98. The standard InChI is InChI=1S/C11H15O4/c1-13-9-6-8(4-5-12)7-10(14-2)11(9)15-3/h6-7H,4-5H2,1-3H3. The lowest BCUT2D eigenvalue weighted by molar-refractivity contribution is 0.197. The first kappa shape index (κ1) is 11.7. The number of hydrogen-bond donors (Lipinski definition) is 0. The van der Waals surface area contributed by atoms with Crippen molar-refractivity contribution in [1.29, 1.82) is 0 Å². The second-order valence-corrected chi connectivity index (χ2v) is 2.99. The van der Waals surface area contributed by atoms with Crippen LogP contribution in [0.2, 0.25) is 0 Å². The number of hydrogen-bond acceptors (Lipinski definition) is 3. The lowest BCUT2D eigenvalue weighted by atomic mass is 10.1. The van der Waals surface area contributed by atoms with Gasteiger partial charge < -0.3 is 14.2 Å². The van der Waals surface area contributed by atoms with Gasteiger partial charge in [0.15, 0.2) is 11.5 Å². The van der Waals surface area contributed by atoms with Gasteiger partial charge in [0, 0.05) is 0 Å². The molecule has 0 atom stereocenters. The highest BCUT2D eigenvalue weighted by molar-refractivity contribution is 5.53. The predicted octanol–water partition coefficient (Wildman–Crippen LogP) is 1.69. The first-order chi connectivity index (χ1) is 7.26. The first-order valence-electron chi connectivity index (χ1n) is 4.63. The van der Waals surface area contributed by atoms with E-state index in [-0.39, 0.29) is 6.61 Å². The summed E-state index contributed by atoms with van der Waals surface area (Å²) in [5, 5.41) is 10.5. The summed E-state index contributed by atoms with van der Waals surface area (Å²) in [6, 6.07) is 3.58. The molecule has 0 fully saturated rings. The van der Waals surface area contributed by atoms with E-state index >= 15 is 0 Å². The highest BCUT2D eigenvalue weighted by Gasteiger charge is 2.12.